The molecule has 2 aromatic rings. The van der Waals surface area contributed by atoms with Crippen molar-refractivity contribution < 1.29 is 19.1 Å². The summed E-state index contributed by atoms with van der Waals surface area (Å²) in [7, 11) is 1.61. The molecule has 2 heterocycles. The van der Waals surface area contributed by atoms with Gasteiger partial charge in [-0.3, -0.25) is 14.5 Å². The van der Waals surface area contributed by atoms with Crippen LogP contribution in [0.1, 0.15) is 17.5 Å². The zero-order chi connectivity index (χ0) is 21.6. The number of hydrogen-bond acceptors (Lipinski definition) is 5. The molecular formula is C24H29N3O4. The van der Waals surface area contributed by atoms with E-state index >= 15 is 0 Å². The number of carbonyl (C=O) groups excluding carboxylic acids is 2. The Morgan fingerprint density at radius 1 is 1.06 bits per heavy atom. The Labute approximate surface area is 182 Å². The number of nitrogens with one attached hydrogen (secondary N) is 1. The molecule has 0 saturated carbocycles. The first kappa shape index (κ1) is 21.3. The Bertz CT molecular complexity index is 892. The monoisotopic (exact) mass is 423 g/mol. The minimum Gasteiger partial charge on any atom is -0.497 e. The lowest BCUT2D eigenvalue weighted by molar-refractivity contribution is -0.126. The van der Waals surface area contributed by atoms with Crippen LogP contribution in [0.5, 0.6) is 5.75 Å². The Hall–Kier alpha value is -2.90. The van der Waals surface area contributed by atoms with Gasteiger partial charge in [0.15, 0.2) is 0 Å². The number of anilines is 1. The van der Waals surface area contributed by atoms with Gasteiger partial charge in [-0.2, -0.15) is 0 Å². The van der Waals surface area contributed by atoms with Crippen LogP contribution in [0.2, 0.25) is 0 Å². The van der Waals surface area contributed by atoms with Gasteiger partial charge in [-0.1, -0.05) is 24.3 Å². The minimum absolute atomic E-state index is 0.0298. The number of hydrogen-bond donors (Lipinski definition) is 1. The molecule has 0 spiro atoms. The second kappa shape index (κ2) is 9.94. The van der Waals surface area contributed by atoms with Crippen LogP contribution in [-0.4, -0.2) is 56.7 Å². The van der Waals surface area contributed by atoms with Gasteiger partial charge in [0, 0.05) is 44.8 Å². The molecule has 0 aromatic heterocycles. The van der Waals surface area contributed by atoms with Crippen LogP contribution in [0, 0.1) is 5.92 Å². The van der Waals surface area contributed by atoms with Crippen molar-refractivity contribution in [1.82, 2.24) is 10.2 Å². The summed E-state index contributed by atoms with van der Waals surface area (Å²) < 4.78 is 10.6. The van der Waals surface area contributed by atoms with Gasteiger partial charge in [-0.25, -0.2) is 0 Å². The number of methoxy groups -OCH3 is 1. The largest absolute Gasteiger partial charge is 0.497 e. The smallest absolute Gasteiger partial charge is 0.227 e. The highest BCUT2D eigenvalue weighted by Crippen LogP contribution is 2.27. The summed E-state index contributed by atoms with van der Waals surface area (Å²) in [5.41, 5.74) is 3.10. The molecule has 2 amide bonds. The fraction of sp³-hybridized carbons (Fsp3) is 0.417. The van der Waals surface area contributed by atoms with Gasteiger partial charge >= 0.3 is 0 Å². The number of rotatable bonds is 7. The van der Waals surface area contributed by atoms with Crippen molar-refractivity contribution in [2.45, 2.75) is 19.5 Å². The first-order chi connectivity index (χ1) is 15.1. The van der Waals surface area contributed by atoms with E-state index < -0.39 is 0 Å². The number of carbonyl (C=O) groups is 2. The minimum atomic E-state index is -0.338. The first-order valence-electron chi connectivity index (χ1n) is 10.7. The second-order valence-electron chi connectivity index (χ2n) is 8.03. The molecule has 2 aromatic carbocycles. The van der Waals surface area contributed by atoms with Gasteiger partial charge < -0.3 is 19.7 Å². The average molecular weight is 424 g/mol. The summed E-state index contributed by atoms with van der Waals surface area (Å²) in [6, 6.07) is 15.7. The maximum Gasteiger partial charge on any atom is 0.227 e. The molecule has 164 valence electrons. The number of nitrogens with zero attached hydrogens (tertiary/aromatic N) is 2. The third kappa shape index (κ3) is 5.42. The predicted molar refractivity (Wildman–Crippen MR) is 118 cm³/mol. The van der Waals surface area contributed by atoms with Crippen LogP contribution >= 0.6 is 0 Å². The van der Waals surface area contributed by atoms with E-state index in [2.05, 4.69) is 34.5 Å². The van der Waals surface area contributed by atoms with Gasteiger partial charge in [0.05, 0.1) is 26.2 Å². The van der Waals surface area contributed by atoms with Crippen LogP contribution in [0.15, 0.2) is 48.5 Å². The van der Waals surface area contributed by atoms with E-state index in [1.54, 1.807) is 12.0 Å². The maximum atomic E-state index is 12.6. The lowest BCUT2D eigenvalue weighted by atomic mass is 10.1. The molecule has 2 saturated heterocycles. The molecule has 0 radical (unpaired) electrons. The summed E-state index contributed by atoms with van der Waals surface area (Å²) >= 11 is 0. The SMILES string of the molecule is COc1ccc(N2CC(C(=O)NCc3ccc(CN4CCOCC4)cc3)CC2=O)cc1. The number of ether oxygens (including phenoxy) is 2. The normalized spacial score (nSPS) is 19.5. The molecule has 31 heavy (non-hydrogen) atoms. The molecule has 1 unspecified atom stereocenters. The number of benzene rings is 2. The standard InChI is InChI=1S/C24H29N3O4/c1-30-22-8-6-21(7-9-22)27-17-20(14-23(27)28)24(29)25-15-18-2-4-19(5-3-18)16-26-10-12-31-13-11-26/h2-9,20H,10-17H2,1H3,(H,25,29). The molecule has 0 bridgehead atoms. The highest BCUT2D eigenvalue weighted by molar-refractivity contribution is 6.00. The average Bonchev–Trinajstić information content (AvgIpc) is 3.21. The molecule has 7 nitrogen and oxygen atoms in total. The fourth-order valence-electron chi connectivity index (χ4n) is 4.01. The first-order valence-corrected chi connectivity index (χ1v) is 10.7. The third-order valence-electron chi connectivity index (χ3n) is 5.88. The predicted octanol–water partition coefficient (Wildman–Crippen LogP) is 2.20. The van der Waals surface area contributed by atoms with Gasteiger partial charge in [-0.15, -0.1) is 0 Å². The number of morpholine rings is 1. The Balaban J connectivity index is 1.27. The van der Waals surface area contributed by atoms with Gasteiger partial charge in [0.2, 0.25) is 11.8 Å². The van der Waals surface area contributed by atoms with Crippen molar-refractivity contribution in [1.29, 1.82) is 0 Å². The lowest BCUT2D eigenvalue weighted by Gasteiger charge is -2.26. The van der Waals surface area contributed by atoms with E-state index in [0.29, 0.717) is 13.1 Å². The molecular weight excluding hydrogens is 394 g/mol. The van der Waals surface area contributed by atoms with E-state index in [9.17, 15) is 9.59 Å². The van der Waals surface area contributed by atoms with Gasteiger partial charge in [0.1, 0.15) is 5.75 Å². The lowest BCUT2D eigenvalue weighted by Crippen LogP contribution is -2.35. The maximum absolute atomic E-state index is 12.6. The zero-order valence-corrected chi connectivity index (χ0v) is 17.9. The molecule has 1 N–H and O–H groups in total. The molecule has 1 atom stereocenters. The van der Waals surface area contributed by atoms with Crippen molar-refractivity contribution in [3.05, 3.63) is 59.7 Å². The molecule has 2 fully saturated rings. The Morgan fingerprint density at radius 2 is 1.74 bits per heavy atom. The summed E-state index contributed by atoms with van der Waals surface area (Å²) in [5.74, 6) is 0.287. The third-order valence-corrected chi connectivity index (χ3v) is 5.88. The molecule has 0 aliphatic carbocycles. The highest BCUT2D eigenvalue weighted by Gasteiger charge is 2.35. The molecule has 4 rings (SSSR count). The Kier molecular flexibility index (Phi) is 6.84. The number of amides is 2. The summed E-state index contributed by atoms with van der Waals surface area (Å²) in [5, 5.41) is 2.99. The van der Waals surface area contributed by atoms with Crippen molar-refractivity contribution in [2.24, 2.45) is 5.92 Å². The van der Waals surface area contributed by atoms with Crippen molar-refractivity contribution in [3.63, 3.8) is 0 Å². The van der Waals surface area contributed by atoms with Crippen LogP contribution in [0.25, 0.3) is 0 Å². The second-order valence-corrected chi connectivity index (χ2v) is 8.03. The fourth-order valence-corrected chi connectivity index (χ4v) is 4.01. The topological polar surface area (TPSA) is 71.1 Å². The zero-order valence-electron chi connectivity index (χ0n) is 17.9. The molecule has 7 heteroatoms. The van der Waals surface area contributed by atoms with E-state index in [-0.39, 0.29) is 24.2 Å². The highest BCUT2D eigenvalue weighted by atomic mass is 16.5. The van der Waals surface area contributed by atoms with E-state index in [1.807, 2.05) is 24.3 Å². The van der Waals surface area contributed by atoms with Crippen LogP contribution in [-0.2, 0) is 27.4 Å². The van der Waals surface area contributed by atoms with Crippen LogP contribution < -0.4 is 15.0 Å². The van der Waals surface area contributed by atoms with E-state index in [0.717, 1.165) is 49.8 Å². The van der Waals surface area contributed by atoms with Crippen molar-refractivity contribution >= 4 is 17.5 Å². The molecule has 2 aliphatic heterocycles. The van der Waals surface area contributed by atoms with Crippen molar-refractivity contribution in [3.8, 4) is 5.75 Å². The van der Waals surface area contributed by atoms with Gasteiger partial charge in [-0.05, 0) is 35.4 Å². The van der Waals surface area contributed by atoms with Crippen LogP contribution in [0.3, 0.4) is 0 Å². The van der Waals surface area contributed by atoms with Crippen molar-refractivity contribution in [2.75, 3.05) is 44.9 Å². The van der Waals surface area contributed by atoms with Crippen LogP contribution in [0.4, 0.5) is 5.69 Å². The van der Waals surface area contributed by atoms with E-state index in [1.165, 1.54) is 5.56 Å². The summed E-state index contributed by atoms with van der Waals surface area (Å²) in [6.07, 6.45) is 0.232. The summed E-state index contributed by atoms with van der Waals surface area (Å²) in [4.78, 5) is 29.1. The quantitative estimate of drug-likeness (QED) is 0.739. The molecule has 2 aliphatic rings. The Morgan fingerprint density at radius 3 is 2.42 bits per heavy atom. The van der Waals surface area contributed by atoms with Gasteiger partial charge in [0.25, 0.3) is 0 Å². The van der Waals surface area contributed by atoms with E-state index in [4.69, 9.17) is 9.47 Å². The summed E-state index contributed by atoms with van der Waals surface area (Å²) in [6.45, 7) is 5.30.